The van der Waals surface area contributed by atoms with Crippen molar-refractivity contribution in [1.29, 1.82) is 0 Å². The largest absolute Gasteiger partial charge is 1.00 e. The van der Waals surface area contributed by atoms with Crippen LogP contribution in [0.2, 0.25) is 0 Å². The third-order valence-electron chi connectivity index (χ3n) is 1.59. The van der Waals surface area contributed by atoms with Crippen molar-refractivity contribution in [3.8, 4) is 0 Å². The molecule has 66 valence electrons. The molecular formula is C8H15ClN2Zn. The number of imidazole rings is 1. The van der Waals surface area contributed by atoms with Gasteiger partial charge in [-0.1, -0.05) is 13.3 Å². The number of aryl methyl sites for hydroxylation is 2. The molecule has 0 atom stereocenters. The van der Waals surface area contributed by atoms with E-state index in [2.05, 4.69) is 34.8 Å². The molecule has 0 aromatic carbocycles. The summed E-state index contributed by atoms with van der Waals surface area (Å²) in [6.07, 6.45) is 8.82. The number of aromatic nitrogens is 2. The Bertz CT molecular complexity index is 201. The molecule has 1 aromatic rings. The molecule has 0 aliphatic heterocycles. The predicted octanol–water partition coefficient (Wildman–Crippen LogP) is -1.89. The maximum Gasteiger partial charge on any atom is 0.243 e. The van der Waals surface area contributed by atoms with Crippen LogP contribution < -0.4 is 17.0 Å². The Morgan fingerprint density at radius 1 is 1.42 bits per heavy atom. The van der Waals surface area contributed by atoms with Crippen LogP contribution in [0.5, 0.6) is 0 Å². The molecule has 0 aliphatic carbocycles. The van der Waals surface area contributed by atoms with Crippen molar-refractivity contribution in [2.45, 2.75) is 26.3 Å². The van der Waals surface area contributed by atoms with Gasteiger partial charge in [-0.05, 0) is 6.42 Å². The second-order valence-electron chi connectivity index (χ2n) is 2.67. The minimum atomic E-state index is 0. The molecule has 0 spiro atoms. The smallest absolute Gasteiger partial charge is 0.243 e. The Morgan fingerprint density at radius 2 is 2.08 bits per heavy atom. The number of hydrogen-bond donors (Lipinski definition) is 0. The molecule has 0 saturated heterocycles. The van der Waals surface area contributed by atoms with Gasteiger partial charge in [-0.3, -0.25) is 0 Å². The molecule has 2 nitrogen and oxygen atoms in total. The normalized spacial score (nSPS) is 8.50. The first kappa shape index (κ1) is 14.6. The Balaban J connectivity index is 0. The van der Waals surface area contributed by atoms with E-state index in [1.807, 2.05) is 7.05 Å². The summed E-state index contributed by atoms with van der Waals surface area (Å²) in [7, 11) is 2.04. The SMILES string of the molecule is CCCCn1cc[n+](C)c1.[Cl-].[Zn]. The van der Waals surface area contributed by atoms with E-state index in [9.17, 15) is 0 Å². The Labute approximate surface area is 93.1 Å². The predicted molar refractivity (Wildman–Crippen MR) is 40.5 cm³/mol. The van der Waals surface area contributed by atoms with Crippen molar-refractivity contribution in [3.05, 3.63) is 18.7 Å². The van der Waals surface area contributed by atoms with Gasteiger partial charge in [-0.2, -0.15) is 0 Å². The maximum absolute atomic E-state index is 2.21. The fourth-order valence-corrected chi connectivity index (χ4v) is 0.975. The molecule has 0 N–H and O–H groups in total. The number of nitrogens with zero attached hydrogens (tertiary/aromatic N) is 2. The fraction of sp³-hybridized carbons (Fsp3) is 0.625. The van der Waals surface area contributed by atoms with Gasteiger partial charge in [0.2, 0.25) is 6.33 Å². The van der Waals surface area contributed by atoms with Crippen molar-refractivity contribution >= 4 is 0 Å². The summed E-state index contributed by atoms with van der Waals surface area (Å²) in [5.74, 6) is 0. The van der Waals surface area contributed by atoms with Gasteiger partial charge in [0.25, 0.3) is 0 Å². The summed E-state index contributed by atoms with van der Waals surface area (Å²) in [5, 5.41) is 0. The summed E-state index contributed by atoms with van der Waals surface area (Å²) >= 11 is 0. The van der Waals surface area contributed by atoms with Gasteiger partial charge in [0.1, 0.15) is 12.4 Å². The molecule has 0 saturated carbocycles. The van der Waals surface area contributed by atoms with Gasteiger partial charge in [-0.15, -0.1) is 0 Å². The van der Waals surface area contributed by atoms with Crippen LogP contribution in [0.15, 0.2) is 18.7 Å². The minimum absolute atomic E-state index is 0. The molecule has 1 heterocycles. The van der Waals surface area contributed by atoms with Crippen LogP contribution in [0.4, 0.5) is 0 Å². The third kappa shape index (κ3) is 4.89. The zero-order valence-corrected chi connectivity index (χ0v) is 11.6. The van der Waals surface area contributed by atoms with Crippen molar-refractivity contribution < 1.29 is 36.5 Å². The van der Waals surface area contributed by atoms with Gasteiger partial charge in [-0.25, -0.2) is 9.13 Å². The molecule has 1 aromatic heterocycles. The first-order valence-corrected chi connectivity index (χ1v) is 3.84. The summed E-state index contributed by atoms with van der Waals surface area (Å²) in [4.78, 5) is 0. The number of unbranched alkanes of at least 4 members (excludes halogenated alkanes) is 1. The molecule has 1 rings (SSSR count). The van der Waals surface area contributed by atoms with Gasteiger partial charge < -0.3 is 12.4 Å². The van der Waals surface area contributed by atoms with Crippen LogP contribution in [0.25, 0.3) is 0 Å². The van der Waals surface area contributed by atoms with Gasteiger partial charge >= 0.3 is 0 Å². The maximum atomic E-state index is 2.21. The average Bonchev–Trinajstić information content (AvgIpc) is 2.31. The minimum Gasteiger partial charge on any atom is -1.00 e. The Morgan fingerprint density at radius 3 is 2.50 bits per heavy atom. The molecule has 0 fully saturated rings. The molecule has 0 unspecified atom stereocenters. The molecular weight excluding hydrogens is 225 g/mol. The molecule has 0 bridgehead atoms. The van der Waals surface area contributed by atoms with E-state index in [1.165, 1.54) is 12.8 Å². The molecule has 0 amide bonds. The zero-order chi connectivity index (χ0) is 7.40. The van der Waals surface area contributed by atoms with E-state index in [0.29, 0.717) is 0 Å². The van der Waals surface area contributed by atoms with E-state index in [0.717, 1.165) is 6.54 Å². The summed E-state index contributed by atoms with van der Waals surface area (Å²) in [5.41, 5.74) is 0. The molecule has 0 radical (unpaired) electrons. The van der Waals surface area contributed by atoms with E-state index in [1.54, 1.807) is 0 Å². The van der Waals surface area contributed by atoms with Crippen LogP contribution in [0, 0.1) is 0 Å². The summed E-state index contributed by atoms with van der Waals surface area (Å²) in [6, 6.07) is 0. The van der Waals surface area contributed by atoms with Crippen LogP contribution in [0.1, 0.15) is 19.8 Å². The van der Waals surface area contributed by atoms with Crippen molar-refractivity contribution in [1.82, 2.24) is 4.57 Å². The van der Waals surface area contributed by atoms with E-state index < -0.39 is 0 Å². The molecule has 4 heteroatoms. The van der Waals surface area contributed by atoms with Crippen molar-refractivity contribution in [2.24, 2.45) is 7.05 Å². The number of rotatable bonds is 3. The molecule has 12 heavy (non-hydrogen) atoms. The second kappa shape index (κ2) is 7.76. The van der Waals surface area contributed by atoms with Crippen LogP contribution >= 0.6 is 0 Å². The monoisotopic (exact) mass is 238 g/mol. The van der Waals surface area contributed by atoms with Crippen LogP contribution in [-0.2, 0) is 33.1 Å². The zero-order valence-electron chi connectivity index (χ0n) is 7.83. The van der Waals surface area contributed by atoms with E-state index in [4.69, 9.17) is 0 Å². The molecule has 0 aliphatic rings. The van der Waals surface area contributed by atoms with E-state index in [-0.39, 0.29) is 31.9 Å². The topological polar surface area (TPSA) is 8.81 Å². The number of hydrogen-bond acceptors (Lipinski definition) is 0. The van der Waals surface area contributed by atoms with Crippen LogP contribution in [0.3, 0.4) is 0 Å². The second-order valence-corrected chi connectivity index (χ2v) is 2.67. The van der Waals surface area contributed by atoms with Crippen molar-refractivity contribution in [3.63, 3.8) is 0 Å². The Kier molecular flexibility index (Phi) is 9.46. The van der Waals surface area contributed by atoms with Gasteiger partial charge in [0.05, 0.1) is 13.6 Å². The third-order valence-corrected chi connectivity index (χ3v) is 1.59. The van der Waals surface area contributed by atoms with Gasteiger partial charge in [0.15, 0.2) is 0 Å². The number of halogens is 1. The van der Waals surface area contributed by atoms with Crippen LogP contribution in [-0.4, -0.2) is 4.57 Å². The standard InChI is InChI=1S/C8H15N2.ClH.Zn/c1-3-4-5-10-7-6-9(2)8-10;;/h6-8H,3-5H2,1-2H3;1H;/q+1;;/p-1. The average molecular weight is 240 g/mol. The fourth-order valence-electron chi connectivity index (χ4n) is 0.975. The summed E-state index contributed by atoms with van der Waals surface area (Å²) in [6.45, 7) is 3.36. The van der Waals surface area contributed by atoms with Gasteiger partial charge in [0, 0.05) is 19.5 Å². The first-order chi connectivity index (χ1) is 4.83. The summed E-state index contributed by atoms with van der Waals surface area (Å²) < 4.78 is 4.28. The van der Waals surface area contributed by atoms with Crippen molar-refractivity contribution in [2.75, 3.05) is 0 Å². The Hall–Kier alpha value is 0.123. The quantitative estimate of drug-likeness (QED) is 0.431. The first-order valence-electron chi connectivity index (χ1n) is 3.84. The van der Waals surface area contributed by atoms with E-state index >= 15 is 0 Å².